The Morgan fingerprint density at radius 1 is 0.935 bits per heavy atom. The smallest absolute Gasteiger partial charge is 0.0591 e. The largest absolute Gasteiger partial charge is 0.390 e. The van der Waals surface area contributed by atoms with Gasteiger partial charge in [-0.2, -0.15) is 0 Å². The fourth-order valence-corrected chi connectivity index (χ4v) is 9.79. The molecule has 4 aliphatic carbocycles. The molecular weight excluding hydrogens is 376 g/mol. The molecule has 6 atom stereocenters. The van der Waals surface area contributed by atoms with Crippen LogP contribution in [0.2, 0.25) is 0 Å². The average molecular weight is 429 g/mol. The molecule has 0 spiro atoms. The first-order valence-corrected chi connectivity index (χ1v) is 13.7. The highest BCUT2D eigenvalue weighted by atomic mass is 16.3. The average Bonchev–Trinajstić information content (AvgIpc) is 2.91. The third kappa shape index (κ3) is 3.68. The van der Waals surface area contributed by atoms with Crippen LogP contribution in [0, 0.1) is 39.4 Å². The lowest BCUT2D eigenvalue weighted by Gasteiger charge is -2.61. The van der Waals surface area contributed by atoms with Gasteiger partial charge in [-0.25, -0.2) is 0 Å². The van der Waals surface area contributed by atoms with E-state index in [4.69, 9.17) is 0 Å². The van der Waals surface area contributed by atoms with Crippen LogP contribution in [0.25, 0.3) is 0 Å². The minimum Gasteiger partial charge on any atom is -0.390 e. The lowest BCUT2D eigenvalue weighted by Crippen LogP contribution is -2.51. The summed E-state index contributed by atoms with van der Waals surface area (Å²) in [5.74, 6) is 2.51. The molecule has 0 aliphatic heterocycles. The van der Waals surface area contributed by atoms with Crippen molar-refractivity contribution in [3.63, 3.8) is 0 Å². The number of rotatable bonds is 5. The van der Waals surface area contributed by atoms with E-state index in [1.807, 2.05) is 25.0 Å². The van der Waals surface area contributed by atoms with Crippen molar-refractivity contribution in [3.8, 4) is 0 Å². The van der Waals surface area contributed by atoms with Crippen LogP contribution in [0.4, 0.5) is 0 Å². The van der Waals surface area contributed by atoms with Gasteiger partial charge < -0.3 is 5.11 Å². The molecule has 0 radical (unpaired) electrons. The van der Waals surface area contributed by atoms with Gasteiger partial charge in [0.2, 0.25) is 0 Å². The van der Waals surface area contributed by atoms with Crippen LogP contribution >= 0.6 is 0 Å². The molecule has 1 N–H and O–H groups in total. The monoisotopic (exact) mass is 428 g/mol. The van der Waals surface area contributed by atoms with Gasteiger partial charge in [0.1, 0.15) is 0 Å². The Hall–Kier alpha value is -0.300. The zero-order valence-corrected chi connectivity index (χ0v) is 22.2. The topological polar surface area (TPSA) is 20.2 Å². The second-order valence-electron chi connectivity index (χ2n) is 14.4. The summed E-state index contributed by atoms with van der Waals surface area (Å²) in [4.78, 5) is 0. The molecule has 0 bridgehead atoms. The van der Waals surface area contributed by atoms with Gasteiger partial charge >= 0.3 is 0 Å². The predicted octanol–water partition coefficient (Wildman–Crippen LogP) is 8.70. The second-order valence-corrected chi connectivity index (χ2v) is 14.4. The highest BCUT2D eigenvalue weighted by Crippen LogP contribution is 2.72. The van der Waals surface area contributed by atoms with E-state index in [0.717, 1.165) is 30.6 Å². The van der Waals surface area contributed by atoms with E-state index < -0.39 is 5.60 Å². The Balaban J connectivity index is 1.60. The van der Waals surface area contributed by atoms with Gasteiger partial charge in [0.25, 0.3) is 0 Å². The van der Waals surface area contributed by atoms with E-state index in [1.54, 1.807) is 0 Å². The molecule has 178 valence electrons. The van der Waals surface area contributed by atoms with Crippen LogP contribution < -0.4 is 0 Å². The molecule has 0 heterocycles. The summed E-state index contributed by atoms with van der Waals surface area (Å²) in [7, 11) is 0. The summed E-state index contributed by atoms with van der Waals surface area (Å²) in [5.41, 5.74) is 5.23. The first kappa shape index (κ1) is 23.8. The molecule has 0 saturated heterocycles. The van der Waals surface area contributed by atoms with E-state index in [2.05, 4.69) is 41.5 Å². The lowest BCUT2D eigenvalue weighted by atomic mass is 9.43. The molecule has 1 nitrogen and oxygen atoms in total. The summed E-state index contributed by atoms with van der Waals surface area (Å²) in [6.45, 7) is 19.6. The second kappa shape index (κ2) is 7.61. The Morgan fingerprint density at radius 3 is 2.32 bits per heavy atom. The standard InChI is InChI=1S/C30H52O/c1-21(11-9-17-27(4,5)31)22-14-19-30(8)24-12-13-25-26(2,3)16-10-18-28(25,6)23(24)15-20-29(22,30)7/h21-22,25,31H,9-20H2,1-8H3/t21-,22-,25-,28-,29-,30+/m1/s1. The molecule has 0 unspecified atom stereocenters. The summed E-state index contributed by atoms with van der Waals surface area (Å²) in [6.07, 6.45) is 16.1. The SMILES string of the molecule is C[C@H](CCCC(C)(C)O)[C@H]1CC[C@@]2(C)C3=C(CC[C@]12C)[C@@]1(C)CCCC(C)(C)[C@H]1CC3. The molecule has 1 heteroatoms. The fourth-order valence-electron chi connectivity index (χ4n) is 9.79. The number of fused-ring (bicyclic) bond motifs is 4. The van der Waals surface area contributed by atoms with Crippen LogP contribution in [0.5, 0.6) is 0 Å². The third-order valence-corrected chi connectivity index (χ3v) is 11.7. The number of allylic oxidation sites excluding steroid dienone is 2. The maximum atomic E-state index is 10.2. The quantitative estimate of drug-likeness (QED) is 0.434. The zero-order valence-electron chi connectivity index (χ0n) is 22.2. The van der Waals surface area contributed by atoms with Gasteiger partial charge in [-0.1, -0.05) is 72.0 Å². The molecule has 0 amide bonds. The number of aliphatic hydroxyl groups is 1. The number of hydrogen-bond donors (Lipinski definition) is 1. The normalized spacial score (nSPS) is 43.3. The maximum Gasteiger partial charge on any atom is 0.0591 e. The molecule has 4 aliphatic rings. The van der Waals surface area contributed by atoms with E-state index in [1.165, 1.54) is 64.2 Å². The van der Waals surface area contributed by atoms with Gasteiger partial charge in [0, 0.05) is 0 Å². The highest BCUT2D eigenvalue weighted by molar-refractivity contribution is 5.38. The third-order valence-electron chi connectivity index (χ3n) is 11.7. The Labute approximate surface area is 193 Å². The van der Waals surface area contributed by atoms with Crippen LogP contribution in [0.1, 0.15) is 132 Å². The van der Waals surface area contributed by atoms with Crippen LogP contribution in [-0.2, 0) is 0 Å². The van der Waals surface area contributed by atoms with E-state index in [-0.39, 0.29) is 0 Å². The van der Waals surface area contributed by atoms with E-state index >= 15 is 0 Å². The van der Waals surface area contributed by atoms with Crippen molar-refractivity contribution >= 4 is 0 Å². The van der Waals surface area contributed by atoms with Gasteiger partial charge in [-0.05, 0) is 111 Å². The first-order chi connectivity index (χ1) is 14.2. The van der Waals surface area contributed by atoms with E-state index in [0.29, 0.717) is 21.7 Å². The van der Waals surface area contributed by atoms with Gasteiger partial charge in [-0.15, -0.1) is 0 Å². The maximum absolute atomic E-state index is 10.2. The fraction of sp³-hybridized carbons (Fsp3) is 0.933. The Kier molecular flexibility index (Phi) is 5.85. The molecular formula is C30H52O. The first-order valence-electron chi connectivity index (χ1n) is 13.7. The molecule has 31 heavy (non-hydrogen) atoms. The molecule has 4 rings (SSSR count). The molecule has 2 saturated carbocycles. The van der Waals surface area contributed by atoms with Crippen LogP contribution in [-0.4, -0.2) is 10.7 Å². The minimum absolute atomic E-state index is 0.422. The van der Waals surface area contributed by atoms with Crippen molar-refractivity contribution in [1.29, 1.82) is 0 Å². The summed E-state index contributed by atoms with van der Waals surface area (Å²) >= 11 is 0. The Morgan fingerprint density at radius 2 is 1.65 bits per heavy atom. The van der Waals surface area contributed by atoms with Gasteiger partial charge in [-0.3, -0.25) is 0 Å². The van der Waals surface area contributed by atoms with Crippen molar-refractivity contribution in [3.05, 3.63) is 11.1 Å². The van der Waals surface area contributed by atoms with Crippen LogP contribution in [0.3, 0.4) is 0 Å². The minimum atomic E-state index is -0.514. The van der Waals surface area contributed by atoms with Crippen molar-refractivity contribution in [2.45, 2.75) is 138 Å². The van der Waals surface area contributed by atoms with Gasteiger partial charge in [0.15, 0.2) is 0 Å². The summed E-state index contributed by atoms with van der Waals surface area (Å²) < 4.78 is 0. The van der Waals surface area contributed by atoms with Crippen molar-refractivity contribution in [2.75, 3.05) is 0 Å². The predicted molar refractivity (Wildman–Crippen MR) is 133 cm³/mol. The van der Waals surface area contributed by atoms with Crippen molar-refractivity contribution in [1.82, 2.24) is 0 Å². The summed E-state index contributed by atoms with van der Waals surface area (Å²) in [6, 6.07) is 0. The molecule has 0 aromatic heterocycles. The summed E-state index contributed by atoms with van der Waals surface area (Å²) in [5, 5.41) is 10.2. The molecule has 0 aromatic rings. The van der Waals surface area contributed by atoms with E-state index in [9.17, 15) is 5.11 Å². The number of hydrogen-bond acceptors (Lipinski definition) is 1. The van der Waals surface area contributed by atoms with Crippen molar-refractivity contribution < 1.29 is 5.11 Å². The lowest BCUT2D eigenvalue weighted by molar-refractivity contribution is -0.0204. The molecule has 0 aromatic carbocycles. The van der Waals surface area contributed by atoms with Crippen LogP contribution in [0.15, 0.2) is 11.1 Å². The van der Waals surface area contributed by atoms with Crippen molar-refractivity contribution in [2.24, 2.45) is 39.4 Å². The van der Waals surface area contributed by atoms with Gasteiger partial charge in [0.05, 0.1) is 5.60 Å². The zero-order chi connectivity index (χ0) is 22.9. The molecule has 2 fully saturated rings. The highest BCUT2D eigenvalue weighted by Gasteiger charge is 2.62. The Bertz CT molecular complexity index is 723.